The van der Waals surface area contributed by atoms with Crippen molar-refractivity contribution in [3.8, 4) is 0 Å². The number of piperidine rings is 1. The van der Waals surface area contributed by atoms with Crippen LogP contribution in [-0.2, 0) is 11.3 Å². The van der Waals surface area contributed by atoms with Gasteiger partial charge in [-0.15, -0.1) is 0 Å². The van der Waals surface area contributed by atoms with Crippen molar-refractivity contribution in [2.75, 3.05) is 13.1 Å². The van der Waals surface area contributed by atoms with Gasteiger partial charge in [0, 0.05) is 31.7 Å². The van der Waals surface area contributed by atoms with E-state index in [9.17, 15) is 4.79 Å². The summed E-state index contributed by atoms with van der Waals surface area (Å²) in [7, 11) is 0. The minimum Gasteiger partial charge on any atom is -0.337 e. The molecule has 23 heavy (non-hydrogen) atoms. The lowest BCUT2D eigenvalue weighted by Crippen LogP contribution is -2.54. The first-order valence-corrected chi connectivity index (χ1v) is 8.83. The number of rotatable bonds is 6. The molecule has 4 nitrogen and oxygen atoms in total. The van der Waals surface area contributed by atoms with Crippen molar-refractivity contribution in [3.63, 3.8) is 0 Å². The Morgan fingerprint density at radius 1 is 1.26 bits per heavy atom. The molecule has 1 amide bonds. The fourth-order valence-electron chi connectivity index (χ4n) is 3.29. The number of hydrogen-bond acceptors (Lipinski definition) is 3. The van der Waals surface area contributed by atoms with Gasteiger partial charge >= 0.3 is 0 Å². The lowest BCUT2D eigenvalue weighted by molar-refractivity contribution is -0.136. The van der Waals surface area contributed by atoms with E-state index in [0.717, 1.165) is 32.5 Å². The number of nitrogens with zero attached hydrogens (tertiary/aromatic N) is 2. The van der Waals surface area contributed by atoms with Gasteiger partial charge < -0.3 is 10.6 Å². The third-order valence-corrected chi connectivity index (χ3v) is 4.70. The highest BCUT2D eigenvalue weighted by molar-refractivity contribution is 5.81. The minimum atomic E-state index is -0.405. The summed E-state index contributed by atoms with van der Waals surface area (Å²) in [6.45, 7) is 8.94. The first-order chi connectivity index (χ1) is 11.0. The Bertz CT molecular complexity index is 487. The van der Waals surface area contributed by atoms with Gasteiger partial charge in [0.1, 0.15) is 0 Å². The monoisotopic (exact) mass is 317 g/mol. The van der Waals surface area contributed by atoms with E-state index < -0.39 is 6.04 Å². The Hall–Kier alpha value is -1.39. The molecule has 128 valence electrons. The molecular formula is C19H31N3O. The molecule has 2 atom stereocenters. The summed E-state index contributed by atoms with van der Waals surface area (Å²) < 4.78 is 0. The first-order valence-electron chi connectivity index (χ1n) is 8.83. The van der Waals surface area contributed by atoms with Gasteiger partial charge in [0.15, 0.2) is 0 Å². The van der Waals surface area contributed by atoms with Crippen molar-refractivity contribution < 1.29 is 4.79 Å². The van der Waals surface area contributed by atoms with Crippen molar-refractivity contribution in [3.05, 3.63) is 35.9 Å². The van der Waals surface area contributed by atoms with Crippen LogP contribution in [0, 0.1) is 0 Å². The number of hydrogen-bond donors (Lipinski definition) is 1. The molecule has 2 N–H and O–H groups in total. The fraction of sp³-hybridized carbons (Fsp3) is 0.632. The highest BCUT2D eigenvalue weighted by Crippen LogP contribution is 2.21. The SMILES string of the molecule is CC(N)C(=O)N1CCCC[C@H]1CN(Cc1ccccc1)C(C)C. The zero-order chi connectivity index (χ0) is 16.8. The van der Waals surface area contributed by atoms with Crippen LogP contribution in [0.5, 0.6) is 0 Å². The molecule has 1 aromatic rings. The van der Waals surface area contributed by atoms with Gasteiger partial charge in [0.25, 0.3) is 0 Å². The summed E-state index contributed by atoms with van der Waals surface area (Å²) in [5, 5.41) is 0. The fourth-order valence-corrected chi connectivity index (χ4v) is 3.29. The lowest BCUT2D eigenvalue weighted by Gasteiger charge is -2.40. The smallest absolute Gasteiger partial charge is 0.239 e. The summed E-state index contributed by atoms with van der Waals surface area (Å²) in [6, 6.07) is 10.9. The normalized spacial score (nSPS) is 20.1. The highest BCUT2D eigenvalue weighted by atomic mass is 16.2. The number of amides is 1. The van der Waals surface area contributed by atoms with Crippen molar-refractivity contribution in [1.29, 1.82) is 0 Å². The van der Waals surface area contributed by atoms with Crippen LogP contribution >= 0.6 is 0 Å². The van der Waals surface area contributed by atoms with Crippen LogP contribution in [0.4, 0.5) is 0 Å². The number of benzene rings is 1. The van der Waals surface area contributed by atoms with Gasteiger partial charge in [-0.3, -0.25) is 9.69 Å². The molecule has 2 rings (SSSR count). The van der Waals surface area contributed by atoms with Crippen molar-refractivity contribution in [2.45, 2.75) is 64.7 Å². The average Bonchev–Trinajstić information content (AvgIpc) is 2.55. The molecule has 0 spiro atoms. The molecule has 1 heterocycles. The van der Waals surface area contributed by atoms with E-state index in [2.05, 4.69) is 43.0 Å². The van der Waals surface area contributed by atoms with Crippen molar-refractivity contribution in [2.24, 2.45) is 5.73 Å². The Morgan fingerprint density at radius 3 is 2.57 bits per heavy atom. The van der Waals surface area contributed by atoms with E-state index >= 15 is 0 Å². The quantitative estimate of drug-likeness (QED) is 0.877. The molecular weight excluding hydrogens is 286 g/mol. The topological polar surface area (TPSA) is 49.6 Å². The van der Waals surface area contributed by atoms with Crippen molar-refractivity contribution in [1.82, 2.24) is 9.80 Å². The maximum Gasteiger partial charge on any atom is 0.239 e. The second-order valence-electron chi connectivity index (χ2n) is 6.98. The second-order valence-corrected chi connectivity index (χ2v) is 6.98. The van der Waals surface area contributed by atoms with Crippen molar-refractivity contribution >= 4 is 5.91 Å². The Labute approximate surface area is 140 Å². The third-order valence-electron chi connectivity index (χ3n) is 4.70. The molecule has 0 saturated carbocycles. The van der Waals surface area contributed by atoms with Gasteiger partial charge in [0.05, 0.1) is 6.04 Å². The summed E-state index contributed by atoms with van der Waals surface area (Å²) in [6.07, 6.45) is 3.37. The molecule has 1 aliphatic rings. The first kappa shape index (κ1) is 18.0. The Morgan fingerprint density at radius 2 is 1.96 bits per heavy atom. The molecule has 1 saturated heterocycles. The zero-order valence-electron chi connectivity index (χ0n) is 14.7. The van der Waals surface area contributed by atoms with Gasteiger partial charge in [-0.2, -0.15) is 0 Å². The molecule has 1 aromatic carbocycles. The summed E-state index contributed by atoms with van der Waals surface area (Å²) in [4.78, 5) is 16.9. The van der Waals surface area contributed by atoms with Crippen LogP contribution in [0.25, 0.3) is 0 Å². The summed E-state index contributed by atoms with van der Waals surface area (Å²) in [5.41, 5.74) is 7.16. The predicted molar refractivity (Wildman–Crippen MR) is 95.0 cm³/mol. The van der Waals surface area contributed by atoms with E-state index in [0.29, 0.717) is 6.04 Å². The molecule has 1 fully saturated rings. The largest absolute Gasteiger partial charge is 0.337 e. The van der Waals surface area contributed by atoms with E-state index in [1.165, 1.54) is 12.0 Å². The van der Waals surface area contributed by atoms with E-state index in [1.807, 2.05) is 11.0 Å². The standard InChI is InChI=1S/C19H31N3O/c1-15(2)21(13-17-9-5-4-6-10-17)14-18-11-7-8-12-22(18)19(23)16(3)20/h4-6,9-10,15-16,18H,7-8,11-14,20H2,1-3H3/t16?,18-/m0/s1. The molecule has 0 aromatic heterocycles. The van der Waals surface area contributed by atoms with Gasteiger partial charge in [-0.05, 0) is 45.6 Å². The number of carbonyl (C=O) groups is 1. The van der Waals surface area contributed by atoms with E-state index in [4.69, 9.17) is 5.73 Å². The van der Waals surface area contributed by atoms with E-state index in [1.54, 1.807) is 6.92 Å². The second kappa shape index (κ2) is 8.46. The van der Waals surface area contributed by atoms with Crippen LogP contribution in [0.2, 0.25) is 0 Å². The number of likely N-dealkylation sites (tertiary alicyclic amines) is 1. The summed E-state index contributed by atoms with van der Waals surface area (Å²) >= 11 is 0. The maximum atomic E-state index is 12.4. The Balaban J connectivity index is 2.06. The van der Waals surface area contributed by atoms with Crippen LogP contribution in [0.15, 0.2) is 30.3 Å². The van der Waals surface area contributed by atoms with Crippen LogP contribution in [0.1, 0.15) is 45.6 Å². The predicted octanol–water partition coefficient (Wildman–Crippen LogP) is 2.63. The third kappa shape index (κ3) is 5.05. The van der Waals surface area contributed by atoms with Gasteiger partial charge in [-0.25, -0.2) is 0 Å². The molecule has 0 radical (unpaired) electrons. The number of nitrogens with two attached hydrogens (primary N) is 1. The number of carbonyl (C=O) groups excluding carboxylic acids is 1. The molecule has 4 heteroatoms. The zero-order valence-corrected chi connectivity index (χ0v) is 14.7. The molecule has 1 unspecified atom stereocenters. The highest BCUT2D eigenvalue weighted by Gasteiger charge is 2.30. The van der Waals surface area contributed by atoms with Crippen LogP contribution in [0.3, 0.4) is 0 Å². The van der Waals surface area contributed by atoms with E-state index in [-0.39, 0.29) is 11.9 Å². The molecule has 0 aliphatic carbocycles. The van der Waals surface area contributed by atoms with Crippen LogP contribution in [-0.4, -0.2) is 46.9 Å². The molecule has 0 bridgehead atoms. The van der Waals surface area contributed by atoms with Gasteiger partial charge in [0.2, 0.25) is 5.91 Å². The van der Waals surface area contributed by atoms with Gasteiger partial charge in [-0.1, -0.05) is 30.3 Å². The minimum absolute atomic E-state index is 0.0955. The lowest BCUT2D eigenvalue weighted by atomic mass is 9.99. The van der Waals surface area contributed by atoms with Crippen LogP contribution < -0.4 is 5.73 Å². The maximum absolute atomic E-state index is 12.4. The molecule has 1 aliphatic heterocycles. The summed E-state index contributed by atoms with van der Waals surface area (Å²) in [5.74, 6) is 0.0955. The Kier molecular flexibility index (Phi) is 6.60. The average molecular weight is 317 g/mol.